The van der Waals surface area contributed by atoms with E-state index in [9.17, 15) is 0 Å². The zero-order valence-electron chi connectivity index (χ0n) is 25.7. The Balaban J connectivity index is 0.00000221. The van der Waals surface area contributed by atoms with Crippen molar-refractivity contribution in [3.63, 3.8) is 0 Å². The molecule has 0 saturated heterocycles. The van der Waals surface area contributed by atoms with Crippen LogP contribution in [0, 0.1) is 5.41 Å². The zero-order chi connectivity index (χ0) is 29.4. The molecular weight excluding hydrogens is 617 g/mol. The third-order valence-electron chi connectivity index (χ3n) is 8.94. The maximum absolute atomic E-state index is 15.1. The van der Waals surface area contributed by atoms with Crippen LogP contribution < -0.4 is 28.2 Å². The van der Waals surface area contributed by atoms with Crippen LogP contribution in [-0.2, 0) is 19.4 Å². The molecule has 5 heteroatoms. The molecule has 5 aromatic rings. The van der Waals surface area contributed by atoms with Gasteiger partial charge in [0, 0.05) is 0 Å². The first-order valence-corrected chi connectivity index (χ1v) is 16.0. The molecule has 44 heavy (non-hydrogen) atoms. The largest absolute Gasteiger partial charge is 1.00 e. The van der Waals surface area contributed by atoms with Crippen molar-refractivity contribution in [1.82, 2.24) is 0 Å². The molecule has 0 spiro atoms. The van der Waals surface area contributed by atoms with Crippen LogP contribution in [0.2, 0.25) is 0 Å². The Bertz CT molecular complexity index is 1810. The van der Waals surface area contributed by atoms with Crippen LogP contribution >= 0.6 is 0 Å². The van der Waals surface area contributed by atoms with Crippen LogP contribution in [0.4, 0.5) is 5.69 Å². The molecule has 6 rings (SSSR count). The molecule has 0 bridgehead atoms. The van der Waals surface area contributed by atoms with E-state index in [0.29, 0.717) is 0 Å². The van der Waals surface area contributed by atoms with Crippen LogP contribution in [-0.4, -0.2) is 5.91 Å². The van der Waals surface area contributed by atoms with Gasteiger partial charge in [0.25, 0.3) is 0 Å². The summed E-state index contributed by atoms with van der Waals surface area (Å²) < 4.78 is 3.59. The molecule has 0 heterocycles. The third kappa shape index (κ3) is 5.97. The fourth-order valence-electron chi connectivity index (χ4n) is 6.16. The van der Waals surface area contributed by atoms with Gasteiger partial charge < -0.3 is 24.8 Å². The molecule has 0 radical (unpaired) electrons. The summed E-state index contributed by atoms with van der Waals surface area (Å²) in [6.07, 6.45) is 0. The summed E-state index contributed by atoms with van der Waals surface area (Å²) in [7, 11) is 0. The van der Waals surface area contributed by atoms with E-state index >= 15 is 4.79 Å². The first-order valence-electron chi connectivity index (χ1n) is 14.5. The summed E-state index contributed by atoms with van der Waals surface area (Å²) in [5.74, 6) is 0.0608. The summed E-state index contributed by atoms with van der Waals surface area (Å²) in [5, 5.41) is 2.06. The van der Waals surface area contributed by atoms with E-state index in [1.54, 1.807) is 0 Å². The van der Waals surface area contributed by atoms with Crippen molar-refractivity contribution >= 4 is 22.4 Å². The van der Waals surface area contributed by atoms with Gasteiger partial charge in [-0.1, -0.05) is 0 Å². The molecular formula is C39H35Cl2NOTi. The van der Waals surface area contributed by atoms with E-state index < -0.39 is 19.4 Å². The number of nitrogens with zero attached hydrogens (tertiary/aromatic N) is 1. The minimum absolute atomic E-state index is 0. The Morgan fingerprint density at radius 2 is 1.11 bits per heavy atom. The van der Waals surface area contributed by atoms with E-state index in [1.807, 2.05) is 36.4 Å². The second-order valence-electron chi connectivity index (χ2n) is 11.6. The third-order valence-corrected chi connectivity index (χ3v) is 11.9. The van der Waals surface area contributed by atoms with Crippen molar-refractivity contribution in [3.05, 3.63) is 147 Å². The van der Waals surface area contributed by atoms with Crippen LogP contribution in [0.1, 0.15) is 45.0 Å². The van der Waals surface area contributed by atoms with Crippen molar-refractivity contribution in [1.29, 1.82) is 0 Å². The van der Waals surface area contributed by atoms with Gasteiger partial charge in [-0.15, -0.1) is 0 Å². The van der Waals surface area contributed by atoms with Gasteiger partial charge in [0.05, 0.1) is 0 Å². The summed E-state index contributed by atoms with van der Waals surface area (Å²) in [4.78, 5) is 15.1. The molecule has 1 amide bonds. The Hall–Kier alpha value is -3.40. The number of hydrogen-bond acceptors (Lipinski definition) is 1. The maximum atomic E-state index is 15.1. The molecule has 0 N–H and O–H groups in total. The number of carbonyl (C=O) groups excluding carboxylic acids is 1. The molecule has 220 valence electrons. The minimum atomic E-state index is -1.12. The molecule has 0 atom stereocenters. The molecule has 1 aliphatic carbocycles. The number of rotatable bonds is 6. The number of fused-ring (bicyclic) bond motifs is 1. The Labute approximate surface area is 283 Å². The molecule has 0 unspecified atom stereocenters. The summed E-state index contributed by atoms with van der Waals surface area (Å²) in [6.45, 7) is 11.4. The van der Waals surface area contributed by atoms with Gasteiger partial charge >= 0.3 is 260 Å². The average molecular weight is 652 g/mol. The maximum Gasteiger partial charge on any atom is -1.00 e. The van der Waals surface area contributed by atoms with Crippen molar-refractivity contribution in [3.8, 4) is 22.3 Å². The van der Waals surface area contributed by atoms with E-state index in [2.05, 4.69) is 123 Å². The Morgan fingerprint density at radius 3 is 1.66 bits per heavy atom. The number of para-hydroxylation sites is 1. The smallest absolute Gasteiger partial charge is 1.00 e. The van der Waals surface area contributed by atoms with Gasteiger partial charge in [-0.3, -0.25) is 0 Å². The fraction of sp³-hybridized carbons (Fsp3) is 0.154. The number of carbonyl (C=O) groups is 1. The van der Waals surface area contributed by atoms with Crippen molar-refractivity contribution in [2.75, 3.05) is 3.38 Å². The quantitative estimate of drug-likeness (QED) is 0.248. The normalized spacial score (nSPS) is 13.7. The zero-order valence-corrected chi connectivity index (χ0v) is 28.7. The summed E-state index contributed by atoms with van der Waals surface area (Å²) >= 11 is -1.12. The van der Waals surface area contributed by atoms with Crippen molar-refractivity contribution in [2.24, 2.45) is 5.41 Å². The van der Waals surface area contributed by atoms with Gasteiger partial charge in [0.2, 0.25) is 0 Å². The van der Waals surface area contributed by atoms with Crippen molar-refractivity contribution < 1.29 is 49.0 Å². The van der Waals surface area contributed by atoms with E-state index in [0.717, 1.165) is 44.3 Å². The summed E-state index contributed by atoms with van der Waals surface area (Å²) in [5.41, 5.74) is 10.1. The minimum Gasteiger partial charge on any atom is -1.00 e. The SMILES string of the molecule is CC1=C(C)C(C)(C)[C]([Ti+2][N](C(=O)c2cccc3ccccc23)c2c(-c3ccccc3)cccc2-c2ccccc2)=C1C.[Cl-].[Cl-]. The van der Waals surface area contributed by atoms with Crippen LogP contribution in [0.3, 0.4) is 0 Å². The van der Waals surface area contributed by atoms with Crippen LogP contribution in [0.25, 0.3) is 33.0 Å². The predicted molar refractivity (Wildman–Crippen MR) is 173 cm³/mol. The number of allylic oxidation sites excluding steroid dienone is 4. The second kappa shape index (κ2) is 13.7. The molecule has 0 aliphatic heterocycles. The number of halogens is 2. The first-order chi connectivity index (χ1) is 20.3. The number of hydrogen-bond donors (Lipinski definition) is 0. The van der Waals surface area contributed by atoms with Gasteiger partial charge in [-0.05, 0) is 0 Å². The fourth-order valence-corrected chi connectivity index (χ4v) is 8.69. The van der Waals surface area contributed by atoms with Crippen molar-refractivity contribution in [2.45, 2.75) is 34.6 Å². The molecule has 5 aromatic carbocycles. The standard InChI is InChI=1S/C29H21NO.C10H15.2ClH.Ti/c31-29(27-20-9-16-21-15-7-8-17-24(21)27)30-28-25(22-11-3-1-4-12-22)18-10-19-26(28)23-13-5-2-6-14-23;1-7-6-10(4,5)9(3)8(7)2;;;/h1-20H,(H,30,31);1-5H3;2*1H;/q;;;;+3/p-3. The van der Waals surface area contributed by atoms with Gasteiger partial charge in [-0.25, -0.2) is 0 Å². The number of amides is 1. The van der Waals surface area contributed by atoms with Gasteiger partial charge in [0.1, 0.15) is 0 Å². The number of benzene rings is 5. The Kier molecular flexibility index (Phi) is 10.4. The first kappa shape index (κ1) is 33.5. The number of anilines is 1. The van der Waals surface area contributed by atoms with E-state index in [1.165, 1.54) is 20.6 Å². The van der Waals surface area contributed by atoms with E-state index in [-0.39, 0.29) is 36.1 Å². The molecule has 0 fully saturated rings. The van der Waals surface area contributed by atoms with E-state index in [4.69, 9.17) is 0 Å². The van der Waals surface area contributed by atoms with Crippen LogP contribution in [0.5, 0.6) is 0 Å². The second-order valence-corrected chi connectivity index (χ2v) is 13.4. The topological polar surface area (TPSA) is 20.3 Å². The monoisotopic (exact) mass is 651 g/mol. The molecule has 2 nitrogen and oxygen atoms in total. The summed E-state index contributed by atoms with van der Waals surface area (Å²) in [6, 6.07) is 41.7. The van der Waals surface area contributed by atoms with Gasteiger partial charge in [-0.2, -0.15) is 0 Å². The van der Waals surface area contributed by atoms with Crippen LogP contribution in [0.15, 0.2) is 142 Å². The molecule has 1 aliphatic rings. The molecule has 0 aromatic heterocycles. The predicted octanol–water partition coefficient (Wildman–Crippen LogP) is 4.48. The average Bonchev–Trinajstić information content (AvgIpc) is 3.17. The van der Waals surface area contributed by atoms with Gasteiger partial charge in [0.15, 0.2) is 0 Å². The molecule has 0 saturated carbocycles. The Morgan fingerprint density at radius 1 is 0.614 bits per heavy atom.